The van der Waals surface area contributed by atoms with E-state index in [4.69, 9.17) is 28.3 Å². The minimum atomic E-state index is -0.491. The van der Waals surface area contributed by atoms with Gasteiger partial charge in [-0.2, -0.15) is 15.0 Å². The van der Waals surface area contributed by atoms with Crippen LogP contribution in [-0.4, -0.2) is 32.7 Å². The predicted octanol–water partition coefficient (Wildman–Crippen LogP) is 0.971. The molecule has 13 heavy (non-hydrogen) atoms. The fourth-order valence-corrected chi connectivity index (χ4v) is 1.01. The summed E-state index contributed by atoms with van der Waals surface area (Å²) in [4.78, 5) is 11.1. The summed E-state index contributed by atoms with van der Waals surface area (Å²) < 4.78 is 0. The first-order chi connectivity index (χ1) is 6.08. The lowest BCUT2D eigenvalue weighted by molar-refractivity contribution is 0.208. The van der Waals surface area contributed by atoms with Gasteiger partial charge in [-0.05, 0) is 30.1 Å². The molecule has 72 valence electrons. The lowest BCUT2D eigenvalue weighted by Crippen LogP contribution is -2.17. The Bertz CT molecular complexity index is 274. The van der Waals surface area contributed by atoms with Crippen molar-refractivity contribution in [3.8, 4) is 0 Å². The van der Waals surface area contributed by atoms with Crippen molar-refractivity contribution in [2.24, 2.45) is 0 Å². The average Bonchev–Trinajstić information content (AvgIpc) is 1.99. The molecule has 1 heterocycles. The Morgan fingerprint density at radius 2 is 1.85 bits per heavy atom. The van der Waals surface area contributed by atoms with Crippen LogP contribution in [-0.2, 0) is 0 Å². The van der Waals surface area contributed by atoms with Crippen LogP contribution in [0.2, 0.25) is 10.6 Å². The number of nitrogens with zero attached hydrogens (tertiary/aromatic N) is 3. The highest BCUT2D eigenvalue weighted by atomic mass is 35.5. The van der Waals surface area contributed by atoms with E-state index in [-0.39, 0.29) is 16.5 Å². The molecule has 7 heteroatoms. The first-order valence-electron chi connectivity index (χ1n) is 3.57. The van der Waals surface area contributed by atoms with Crippen LogP contribution in [0.15, 0.2) is 0 Å². The highest BCUT2D eigenvalue weighted by Crippen LogP contribution is 2.09. The maximum atomic E-state index is 8.95. The van der Waals surface area contributed by atoms with E-state index in [1.165, 1.54) is 0 Å². The Kier molecular flexibility index (Phi) is 3.65. The van der Waals surface area contributed by atoms with Crippen molar-refractivity contribution in [2.45, 2.75) is 13.0 Å². The first kappa shape index (κ1) is 10.4. The smallest absolute Gasteiger partial charge is 0.228 e. The van der Waals surface area contributed by atoms with Gasteiger partial charge in [0.2, 0.25) is 16.5 Å². The molecule has 0 aromatic carbocycles. The Hall–Kier alpha value is -0.650. The van der Waals surface area contributed by atoms with E-state index in [1.807, 2.05) is 0 Å². The topological polar surface area (TPSA) is 70.9 Å². The number of hydrogen-bond acceptors (Lipinski definition) is 5. The van der Waals surface area contributed by atoms with Crippen molar-refractivity contribution in [3.63, 3.8) is 0 Å². The Morgan fingerprint density at radius 1 is 1.31 bits per heavy atom. The number of anilines is 1. The summed E-state index contributed by atoms with van der Waals surface area (Å²) in [7, 11) is 0. The number of rotatable bonds is 3. The van der Waals surface area contributed by atoms with Gasteiger partial charge in [-0.15, -0.1) is 0 Å². The number of aromatic nitrogens is 3. The van der Waals surface area contributed by atoms with Crippen LogP contribution in [0.1, 0.15) is 6.92 Å². The molecule has 0 bridgehead atoms. The van der Waals surface area contributed by atoms with E-state index < -0.39 is 6.10 Å². The molecule has 0 saturated heterocycles. The molecule has 2 N–H and O–H groups in total. The van der Waals surface area contributed by atoms with Gasteiger partial charge in [0.05, 0.1) is 6.10 Å². The normalized spacial score (nSPS) is 12.6. The van der Waals surface area contributed by atoms with Gasteiger partial charge in [0.1, 0.15) is 0 Å². The predicted molar refractivity (Wildman–Crippen MR) is 50.0 cm³/mol. The summed E-state index contributed by atoms with van der Waals surface area (Å²) in [5.74, 6) is 0.255. The van der Waals surface area contributed by atoms with Crippen LogP contribution in [0.25, 0.3) is 0 Å². The summed E-state index contributed by atoms with van der Waals surface area (Å²) in [5.41, 5.74) is 0. The van der Waals surface area contributed by atoms with Crippen LogP contribution < -0.4 is 5.32 Å². The van der Waals surface area contributed by atoms with E-state index >= 15 is 0 Å². The highest BCUT2D eigenvalue weighted by molar-refractivity contribution is 6.31. The second-order valence-corrected chi connectivity index (χ2v) is 3.10. The minimum Gasteiger partial charge on any atom is -0.392 e. The van der Waals surface area contributed by atoms with E-state index in [0.29, 0.717) is 6.54 Å². The molecule has 0 fully saturated rings. The SMILES string of the molecule is CC(O)CNc1nc(Cl)nc(Cl)n1. The van der Waals surface area contributed by atoms with Gasteiger partial charge in [0, 0.05) is 6.54 Å². The van der Waals surface area contributed by atoms with Gasteiger partial charge < -0.3 is 10.4 Å². The molecule has 5 nitrogen and oxygen atoms in total. The highest BCUT2D eigenvalue weighted by Gasteiger charge is 2.03. The number of hydrogen-bond donors (Lipinski definition) is 2. The van der Waals surface area contributed by atoms with Crippen LogP contribution >= 0.6 is 23.2 Å². The standard InChI is InChI=1S/C6H8Cl2N4O/c1-3(13)2-9-6-11-4(7)10-5(8)12-6/h3,13H,2H2,1H3,(H,9,10,11,12). The van der Waals surface area contributed by atoms with Gasteiger partial charge in [-0.25, -0.2) is 0 Å². The van der Waals surface area contributed by atoms with Gasteiger partial charge in [-0.3, -0.25) is 0 Å². The molecule has 0 radical (unpaired) electrons. The number of halogens is 2. The maximum absolute atomic E-state index is 8.95. The molecule has 1 unspecified atom stereocenters. The molecular formula is C6H8Cl2N4O. The third-order valence-electron chi connectivity index (χ3n) is 1.14. The zero-order chi connectivity index (χ0) is 9.84. The molecule has 0 aliphatic carbocycles. The van der Waals surface area contributed by atoms with Gasteiger partial charge in [0.25, 0.3) is 0 Å². The van der Waals surface area contributed by atoms with Crippen molar-refractivity contribution in [1.82, 2.24) is 15.0 Å². The van der Waals surface area contributed by atoms with Gasteiger partial charge in [-0.1, -0.05) is 0 Å². The molecule has 1 rings (SSSR count). The van der Waals surface area contributed by atoms with Crippen molar-refractivity contribution < 1.29 is 5.11 Å². The molecule has 0 spiro atoms. The van der Waals surface area contributed by atoms with Crippen LogP contribution in [0, 0.1) is 0 Å². The average molecular weight is 223 g/mol. The van der Waals surface area contributed by atoms with Crippen LogP contribution in [0.3, 0.4) is 0 Å². The maximum Gasteiger partial charge on any atom is 0.228 e. The number of nitrogens with one attached hydrogen (secondary N) is 1. The Balaban J connectivity index is 2.66. The minimum absolute atomic E-state index is 0.0214. The summed E-state index contributed by atoms with van der Waals surface area (Å²) in [5, 5.41) is 11.7. The zero-order valence-electron chi connectivity index (χ0n) is 6.83. The van der Waals surface area contributed by atoms with Crippen molar-refractivity contribution >= 4 is 29.2 Å². The number of aliphatic hydroxyl groups excluding tert-OH is 1. The van der Waals surface area contributed by atoms with Gasteiger partial charge >= 0.3 is 0 Å². The molecule has 0 saturated carbocycles. The van der Waals surface area contributed by atoms with E-state index in [0.717, 1.165) is 0 Å². The van der Waals surface area contributed by atoms with Crippen molar-refractivity contribution in [2.75, 3.05) is 11.9 Å². The van der Waals surface area contributed by atoms with Gasteiger partial charge in [0.15, 0.2) is 0 Å². The lowest BCUT2D eigenvalue weighted by Gasteiger charge is -2.06. The molecule has 0 aliphatic heterocycles. The fraction of sp³-hybridized carbons (Fsp3) is 0.500. The summed E-state index contributed by atoms with van der Waals surface area (Å²) in [6.07, 6.45) is -0.491. The second kappa shape index (κ2) is 4.55. The van der Waals surface area contributed by atoms with E-state index in [9.17, 15) is 0 Å². The third-order valence-corrected chi connectivity index (χ3v) is 1.47. The summed E-state index contributed by atoms with van der Waals surface area (Å²) in [6.45, 7) is 1.97. The number of aliphatic hydroxyl groups is 1. The molecule has 0 aliphatic rings. The Labute approximate surface area is 85.1 Å². The zero-order valence-corrected chi connectivity index (χ0v) is 8.34. The molecular weight excluding hydrogens is 215 g/mol. The molecule has 1 atom stereocenters. The Morgan fingerprint density at radius 3 is 2.31 bits per heavy atom. The fourth-order valence-electron chi connectivity index (χ4n) is 0.644. The van der Waals surface area contributed by atoms with Crippen LogP contribution in [0.5, 0.6) is 0 Å². The van der Waals surface area contributed by atoms with E-state index in [1.54, 1.807) is 6.92 Å². The lowest BCUT2D eigenvalue weighted by atomic mass is 10.4. The summed E-state index contributed by atoms with van der Waals surface area (Å²) >= 11 is 11.0. The molecule has 0 amide bonds. The first-order valence-corrected chi connectivity index (χ1v) is 4.32. The summed E-state index contributed by atoms with van der Waals surface area (Å²) in [6, 6.07) is 0. The van der Waals surface area contributed by atoms with Crippen molar-refractivity contribution in [1.29, 1.82) is 0 Å². The molecule has 1 aromatic heterocycles. The third kappa shape index (κ3) is 3.71. The van der Waals surface area contributed by atoms with Crippen molar-refractivity contribution in [3.05, 3.63) is 10.6 Å². The van der Waals surface area contributed by atoms with E-state index in [2.05, 4.69) is 20.3 Å². The largest absolute Gasteiger partial charge is 0.392 e. The second-order valence-electron chi connectivity index (χ2n) is 2.43. The molecule has 1 aromatic rings. The quantitative estimate of drug-likeness (QED) is 0.798. The monoisotopic (exact) mass is 222 g/mol. The van der Waals surface area contributed by atoms with Crippen LogP contribution in [0.4, 0.5) is 5.95 Å².